The minimum Gasteiger partial charge on any atom is -0.480 e. The van der Waals surface area contributed by atoms with Crippen LogP contribution in [0.3, 0.4) is 0 Å². The van der Waals surface area contributed by atoms with Gasteiger partial charge in [-0.15, -0.1) is 9.69 Å². The number of quaternary nitrogens is 1. The Morgan fingerprint density at radius 3 is 2.31 bits per heavy atom. The number of carboxylic acids is 1. The topological polar surface area (TPSA) is 169 Å². The third-order valence-corrected chi connectivity index (χ3v) is 9.83. The average Bonchev–Trinajstić information content (AvgIpc) is 3.71. The van der Waals surface area contributed by atoms with E-state index in [1.54, 1.807) is 34.7 Å². The molecule has 15 heteroatoms. The summed E-state index contributed by atoms with van der Waals surface area (Å²) in [6.45, 7) is 9.69. The predicted octanol–water partition coefficient (Wildman–Crippen LogP) is 3.29. The molecule has 51 heavy (non-hydrogen) atoms. The fraction of sp³-hybridized carbons (Fsp3) is 0.472. The number of rotatable bonds is 7. The second-order valence-electron chi connectivity index (χ2n) is 13.1. The molecule has 0 unspecified atom stereocenters. The molecule has 14 nitrogen and oxygen atoms in total. The molecule has 272 valence electrons. The Labute approximate surface area is 295 Å². The van der Waals surface area contributed by atoms with Gasteiger partial charge in [0.05, 0.1) is 24.0 Å². The Morgan fingerprint density at radius 2 is 1.67 bits per heavy atom. The maximum absolute atomic E-state index is 15.5. The van der Waals surface area contributed by atoms with Crippen LogP contribution in [0.25, 0.3) is 32.9 Å². The fourth-order valence-corrected chi connectivity index (χ4v) is 7.00. The molecule has 2 saturated heterocycles. The van der Waals surface area contributed by atoms with Crippen molar-refractivity contribution in [2.24, 2.45) is 5.92 Å². The lowest BCUT2D eigenvalue weighted by atomic mass is 9.89. The van der Waals surface area contributed by atoms with Gasteiger partial charge in [0.1, 0.15) is 37.5 Å². The van der Waals surface area contributed by atoms with E-state index in [0.29, 0.717) is 53.5 Å². The molecule has 0 spiro atoms. The van der Waals surface area contributed by atoms with Crippen LogP contribution in [0.15, 0.2) is 36.5 Å². The summed E-state index contributed by atoms with van der Waals surface area (Å²) in [6, 6.07) is 8.56. The van der Waals surface area contributed by atoms with Crippen molar-refractivity contribution in [2.45, 2.75) is 65.8 Å². The van der Waals surface area contributed by atoms with Gasteiger partial charge in [0.15, 0.2) is 0 Å². The molecule has 4 aromatic rings. The van der Waals surface area contributed by atoms with Crippen LogP contribution in [-0.4, -0.2) is 99.0 Å². The van der Waals surface area contributed by atoms with E-state index in [-0.39, 0.29) is 29.5 Å². The van der Waals surface area contributed by atoms with E-state index >= 15 is 4.39 Å². The molecular weight excluding hydrogens is 659 g/mol. The Morgan fingerprint density at radius 1 is 0.980 bits per heavy atom. The summed E-state index contributed by atoms with van der Waals surface area (Å²) in [5, 5.41) is 24.0. The summed E-state index contributed by atoms with van der Waals surface area (Å²) in [6.07, 6.45) is 6.10. The molecule has 4 bridgehead atoms. The first-order valence-corrected chi connectivity index (χ1v) is 17.5. The fourth-order valence-electron chi connectivity index (χ4n) is 7.00. The lowest BCUT2D eigenvalue weighted by Crippen LogP contribution is -2.61. The molecule has 3 N–H and O–H groups in total. The zero-order chi connectivity index (χ0) is 36.9. The lowest BCUT2D eigenvalue weighted by molar-refractivity contribution is -0.137. The molecule has 4 aliphatic rings. The number of halogens is 1. The van der Waals surface area contributed by atoms with Crippen molar-refractivity contribution in [1.82, 2.24) is 39.8 Å². The number of fused-ring (bicyclic) bond motifs is 2. The standard InChI is InChI=1S/C26H24FN7O5.C8H15NO.C2H6/c27-19-8-16-10-30-33-21(16)9-18(19)17-2-1-3-20-25(17)26(15-4-6-34(33,14-35)7-5-15)31-32(20)13-23(37)28-11-22(36)29-12-24(38)39;1-7-3-5-9(6-4-7)8(2)10;1-2/h1-3,8-10,14-15H,4-7,11-13H2,(H2-,28,29,36,37,38,39);7H,3-6H2,1-2H3;1-2H3/p+1. The quantitative estimate of drug-likeness (QED) is 0.195. The number of carboxylic acid groups (broad SMARTS) is 1. The van der Waals surface area contributed by atoms with Gasteiger partial charge in [0.2, 0.25) is 17.7 Å². The molecule has 0 atom stereocenters. The van der Waals surface area contributed by atoms with Crippen LogP contribution in [-0.2, 0) is 30.5 Å². The number of hydrogen-bond acceptors (Lipinski definition) is 7. The number of hydrogen-bond donors (Lipinski definition) is 3. The van der Waals surface area contributed by atoms with Gasteiger partial charge in [-0.05, 0) is 42.5 Å². The number of nitrogens with zero attached hydrogens (tertiary/aromatic N) is 6. The van der Waals surface area contributed by atoms with Gasteiger partial charge < -0.3 is 20.6 Å². The van der Waals surface area contributed by atoms with E-state index in [9.17, 15) is 24.0 Å². The highest BCUT2D eigenvalue weighted by atomic mass is 19.1. The summed E-state index contributed by atoms with van der Waals surface area (Å²) < 4.78 is 17.0. The summed E-state index contributed by atoms with van der Waals surface area (Å²) in [4.78, 5) is 62.0. The van der Waals surface area contributed by atoms with Gasteiger partial charge >= 0.3 is 12.4 Å². The van der Waals surface area contributed by atoms with Gasteiger partial charge in [-0.25, -0.2) is 9.18 Å². The summed E-state index contributed by atoms with van der Waals surface area (Å²) in [5.41, 5.74) is 3.01. The molecule has 8 rings (SSSR count). The van der Waals surface area contributed by atoms with Crippen LogP contribution in [0.5, 0.6) is 0 Å². The Bertz CT molecular complexity index is 1940. The van der Waals surface area contributed by atoms with Gasteiger partial charge in [-0.1, -0.05) is 37.7 Å². The van der Waals surface area contributed by atoms with Crippen molar-refractivity contribution in [3.63, 3.8) is 0 Å². The van der Waals surface area contributed by atoms with Crippen LogP contribution in [0.4, 0.5) is 4.39 Å². The number of nitrogens with one attached hydrogen (secondary N) is 2. The third kappa shape index (κ3) is 7.77. The number of benzene rings is 2. The molecule has 0 radical (unpaired) electrons. The molecule has 4 aliphatic heterocycles. The smallest absolute Gasteiger partial charge is 0.327 e. The zero-order valence-electron chi connectivity index (χ0n) is 29.5. The zero-order valence-corrected chi connectivity index (χ0v) is 29.5. The third-order valence-electron chi connectivity index (χ3n) is 9.83. The first-order valence-electron chi connectivity index (χ1n) is 17.5. The number of carbonyl (C=O) groups excluding carboxylic acids is 4. The maximum Gasteiger partial charge on any atom is 0.327 e. The highest BCUT2D eigenvalue weighted by Gasteiger charge is 2.41. The minimum atomic E-state index is -1.19. The number of carbonyl (C=O) groups is 5. The van der Waals surface area contributed by atoms with Crippen molar-refractivity contribution >= 4 is 51.9 Å². The van der Waals surface area contributed by atoms with Gasteiger partial charge in [0.25, 0.3) is 0 Å². The van der Waals surface area contributed by atoms with Crippen molar-refractivity contribution in [2.75, 3.05) is 39.3 Å². The number of likely N-dealkylation sites (tertiary alicyclic amines) is 1. The van der Waals surface area contributed by atoms with Crippen molar-refractivity contribution < 1.29 is 33.5 Å². The largest absolute Gasteiger partial charge is 0.480 e. The average molecular weight is 706 g/mol. The summed E-state index contributed by atoms with van der Waals surface area (Å²) in [5.74, 6) is -1.72. The number of amides is 4. The van der Waals surface area contributed by atoms with E-state index in [1.807, 2.05) is 30.9 Å². The molecule has 6 heterocycles. The van der Waals surface area contributed by atoms with E-state index in [0.717, 1.165) is 36.5 Å². The Hall–Kier alpha value is -5.18. The van der Waals surface area contributed by atoms with E-state index < -0.39 is 30.1 Å². The first-order chi connectivity index (χ1) is 24.5. The van der Waals surface area contributed by atoms with E-state index in [4.69, 9.17) is 10.2 Å². The number of aliphatic carboxylic acids is 1. The molecule has 0 saturated carbocycles. The lowest BCUT2D eigenvalue weighted by Gasteiger charge is -2.36. The molecule has 4 amide bonds. The van der Waals surface area contributed by atoms with Crippen LogP contribution in [0.2, 0.25) is 0 Å². The van der Waals surface area contributed by atoms with Gasteiger partial charge in [-0.2, -0.15) is 5.10 Å². The monoisotopic (exact) mass is 705 g/mol. The summed E-state index contributed by atoms with van der Waals surface area (Å²) in [7, 11) is 0. The van der Waals surface area contributed by atoms with Gasteiger partial charge in [0, 0.05) is 55.1 Å². The van der Waals surface area contributed by atoms with E-state index in [2.05, 4.69) is 22.7 Å². The van der Waals surface area contributed by atoms with Crippen LogP contribution >= 0.6 is 0 Å². The molecular formula is C36H46FN8O6+. The highest BCUT2D eigenvalue weighted by molar-refractivity contribution is 6.00. The predicted molar refractivity (Wildman–Crippen MR) is 189 cm³/mol. The normalized spacial score (nSPS) is 19.3. The van der Waals surface area contributed by atoms with Gasteiger partial charge in [-0.3, -0.25) is 23.9 Å². The molecule has 2 aromatic carbocycles. The van der Waals surface area contributed by atoms with E-state index in [1.165, 1.54) is 18.9 Å². The highest BCUT2D eigenvalue weighted by Crippen LogP contribution is 2.41. The molecule has 2 fully saturated rings. The maximum atomic E-state index is 15.5. The second kappa shape index (κ2) is 15.8. The van der Waals surface area contributed by atoms with Crippen molar-refractivity contribution in [3.8, 4) is 11.1 Å². The molecule has 0 aliphatic carbocycles. The SMILES string of the molecule is CC.CC(=O)N1CCC(C)CC1.O=C[N+]12CCC(CC1)c1nn(CC(=O)NCC(=O)NCC(=O)O)c3cccc(c13)-c1cc3c(cnn32)cc1F. The number of piperidine rings is 2. The Kier molecular flexibility index (Phi) is 11.5. The minimum absolute atomic E-state index is 0.0163. The number of aromatic nitrogens is 4. The second-order valence-corrected chi connectivity index (χ2v) is 13.1. The van der Waals surface area contributed by atoms with Crippen LogP contribution < -0.4 is 15.2 Å². The van der Waals surface area contributed by atoms with Crippen LogP contribution in [0.1, 0.15) is 65.0 Å². The first kappa shape index (κ1) is 37.1. The van der Waals surface area contributed by atoms with Crippen molar-refractivity contribution in [3.05, 3.63) is 48.0 Å². The van der Waals surface area contributed by atoms with Crippen LogP contribution in [0, 0.1) is 11.7 Å². The Balaban J connectivity index is 0.000000360. The van der Waals surface area contributed by atoms with Crippen molar-refractivity contribution in [1.29, 1.82) is 0 Å². The summed E-state index contributed by atoms with van der Waals surface area (Å²) >= 11 is 0. The molecule has 2 aromatic heterocycles.